The summed E-state index contributed by atoms with van der Waals surface area (Å²) in [6.07, 6.45) is 2.97. The smallest absolute Gasteiger partial charge is 0.339 e. The number of hydrogen-bond donors (Lipinski definition) is 3. The molecule has 4 atom stereocenters. The Hall–Kier alpha value is -1.79. The molecule has 3 rings (SSSR count). The predicted octanol–water partition coefficient (Wildman–Crippen LogP) is 2.65. The lowest BCUT2D eigenvalue weighted by Crippen LogP contribution is -2.50. The van der Waals surface area contributed by atoms with Gasteiger partial charge in [0.15, 0.2) is 0 Å². The second kappa shape index (κ2) is 6.99. The van der Waals surface area contributed by atoms with Crippen LogP contribution in [-0.4, -0.2) is 40.8 Å². The van der Waals surface area contributed by atoms with Crippen molar-refractivity contribution in [3.63, 3.8) is 0 Å². The maximum atomic E-state index is 11.3. The van der Waals surface area contributed by atoms with Gasteiger partial charge in [-0.25, -0.2) is 4.79 Å². The van der Waals surface area contributed by atoms with Gasteiger partial charge in [0.1, 0.15) is 17.4 Å². The molecule has 0 radical (unpaired) electrons. The van der Waals surface area contributed by atoms with Crippen LogP contribution in [0.1, 0.15) is 36.0 Å². The summed E-state index contributed by atoms with van der Waals surface area (Å²) in [5.74, 6) is -0.859. The lowest BCUT2D eigenvalue weighted by atomic mass is 9.72. The molecule has 3 N–H and O–H groups in total. The zero-order valence-corrected chi connectivity index (χ0v) is 13.8. The number of benzene rings is 1. The minimum atomic E-state index is -1.05. The number of piperidine rings is 1. The van der Waals surface area contributed by atoms with Crippen molar-refractivity contribution in [2.75, 3.05) is 6.54 Å². The van der Waals surface area contributed by atoms with E-state index >= 15 is 0 Å². The van der Waals surface area contributed by atoms with Crippen molar-refractivity contribution in [2.24, 2.45) is 11.8 Å². The molecule has 0 spiro atoms. The Morgan fingerprint density at radius 2 is 1.96 bits per heavy atom. The lowest BCUT2D eigenvalue weighted by molar-refractivity contribution is -0.141. The Balaban J connectivity index is 1.70. The van der Waals surface area contributed by atoms with Crippen molar-refractivity contribution in [1.29, 1.82) is 0 Å². The van der Waals surface area contributed by atoms with E-state index in [-0.39, 0.29) is 23.3 Å². The Bertz CT molecular complexity index is 650. The molecule has 130 valence electrons. The molecule has 7 heteroatoms. The molecule has 1 saturated heterocycles. The molecule has 1 aromatic carbocycles. The summed E-state index contributed by atoms with van der Waals surface area (Å²) in [4.78, 5) is 22.5. The molecule has 1 heterocycles. The fraction of sp³-hybridized carbons (Fsp3) is 0.529. The van der Waals surface area contributed by atoms with Crippen LogP contribution in [0.25, 0.3) is 0 Å². The van der Waals surface area contributed by atoms with E-state index in [4.69, 9.17) is 16.3 Å². The van der Waals surface area contributed by atoms with Gasteiger partial charge in [-0.1, -0.05) is 11.6 Å². The molecule has 0 amide bonds. The minimum absolute atomic E-state index is 0.0928. The number of fused-ring (bicyclic) bond motifs is 1. The van der Waals surface area contributed by atoms with Crippen LogP contribution < -0.4 is 10.1 Å². The summed E-state index contributed by atoms with van der Waals surface area (Å²) >= 11 is 5.96. The van der Waals surface area contributed by atoms with E-state index < -0.39 is 18.0 Å². The van der Waals surface area contributed by atoms with Gasteiger partial charge < -0.3 is 20.3 Å². The Morgan fingerprint density at radius 3 is 2.67 bits per heavy atom. The van der Waals surface area contributed by atoms with Crippen LogP contribution in [-0.2, 0) is 4.79 Å². The summed E-state index contributed by atoms with van der Waals surface area (Å²) in [7, 11) is 0. The predicted molar refractivity (Wildman–Crippen MR) is 87.7 cm³/mol. The van der Waals surface area contributed by atoms with Crippen LogP contribution in [0.15, 0.2) is 18.2 Å². The van der Waals surface area contributed by atoms with Gasteiger partial charge in [-0.15, -0.1) is 0 Å². The number of aliphatic carboxylic acids is 1. The number of nitrogens with one attached hydrogen (secondary N) is 1. The van der Waals surface area contributed by atoms with Crippen LogP contribution in [0.5, 0.6) is 5.75 Å². The first-order chi connectivity index (χ1) is 11.4. The third-order valence-electron chi connectivity index (χ3n) is 5.02. The topological polar surface area (TPSA) is 95.9 Å². The number of aromatic carboxylic acids is 1. The molecule has 1 aromatic rings. The molecular weight excluding hydrogens is 334 g/mol. The van der Waals surface area contributed by atoms with Crippen LogP contribution in [0.4, 0.5) is 0 Å². The van der Waals surface area contributed by atoms with Crippen molar-refractivity contribution in [1.82, 2.24) is 5.32 Å². The number of hydrogen-bond acceptors (Lipinski definition) is 4. The number of carboxylic acid groups (broad SMARTS) is 2. The van der Waals surface area contributed by atoms with E-state index in [2.05, 4.69) is 5.32 Å². The van der Waals surface area contributed by atoms with Crippen molar-refractivity contribution < 1.29 is 24.5 Å². The summed E-state index contributed by atoms with van der Waals surface area (Å²) < 4.78 is 5.94. The van der Waals surface area contributed by atoms with Crippen molar-refractivity contribution in [2.45, 2.75) is 37.8 Å². The van der Waals surface area contributed by atoms with E-state index in [1.54, 1.807) is 0 Å². The fourth-order valence-electron chi connectivity index (χ4n) is 3.77. The fourth-order valence-corrected chi connectivity index (χ4v) is 3.93. The van der Waals surface area contributed by atoms with Gasteiger partial charge in [0.2, 0.25) is 0 Å². The highest BCUT2D eigenvalue weighted by Gasteiger charge is 2.38. The Morgan fingerprint density at radius 1 is 1.17 bits per heavy atom. The van der Waals surface area contributed by atoms with Crippen molar-refractivity contribution in [3.8, 4) is 5.75 Å². The first kappa shape index (κ1) is 17.0. The van der Waals surface area contributed by atoms with Gasteiger partial charge in [-0.05, 0) is 62.3 Å². The maximum absolute atomic E-state index is 11.3. The SMILES string of the molecule is O=C(O)c1ccc(Cl)cc1O[C@H]1CC[C@H]2CN[C@H](C(=O)O)C[C@@H]2C1. The van der Waals surface area contributed by atoms with Gasteiger partial charge in [-0.3, -0.25) is 4.79 Å². The number of halogens is 1. The first-order valence-electron chi connectivity index (χ1n) is 8.09. The quantitative estimate of drug-likeness (QED) is 0.770. The normalized spacial score (nSPS) is 29.5. The van der Waals surface area contributed by atoms with Gasteiger partial charge in [-0.2, -0.15) is 0 Å². The molecule has 2 aliphatic rings. The van der Waals surface area contributed by atoms with E-state index in [1.165, 1.54) is 18.2 Å². The molecule has 0 aromatic heterocycles. The average Bonchev–Trinajstić information content (AvgIpc) is 2.54. The number of rotatable bonds is 4. The summed E-state index contributed by atoms with van der Waals surface area (Å²) in [6, 6.07) is 3.99. The van der Waals surface area contributed by atoms with E-state index in [1.807, 2.05) is 0 Å². The highest BCUT2D eigenvalue weighted by Crippen LogP contribution is 2.38. The third-order valence-corrected chi connectivity index (χ3v) is 5.26. The average molecular weight is 354 g/mol. The zero-order valence-electron chi connectivity index (χ0n) is 13.1. The highest BCUT2D eigenvalue weighted by molar-refractivity contribution is 6.30. The molecule has 2 fully saturated rings. The summed E-state index contributed by atoms with van der Waals surface area (Å²) in [5, 5.41) is 22.0. The van der Waals surface area contributed by atoms with E-state index in [0.717, 1.165) is 19.3 Å². The standard InChI is InChI=1S/C17H20ClNO5/c18-11-2-4-13(16(20)21)15(7-11)24-12-3-1-9-8-19-14(17(22)23)6-10(9)5-12/h2,4,7,9-10,12,14,19H,1,3,5-6,8H2,(H,20,21)(H,22,23)/t9-,10-,12-,14-/m0/s1. The number of carboxylic acids is 2. The maximum Gasteiger partial charge on any atom is 0.339 e. The van der Waals surface area contributed by atoms with Crippen molar-refractivity contribution >= 4 is 23.5 Å². The number of carbonyl (C=O) groups is 2. The Kier molecular flexibility index (Phi) is 4.96. The van der Waals surface area contributed by atoms with Gasteiger partial charge in [0.25, 0.3) is 0 Å². The first-order valence-corrected chi connectivity index (χ1v) is 8.47. The largest absolute Gasteiger partial charge is 0.489 e. The number of ether oxygens (including phenoxy) is 1. The lowest BCUT2D eigenvalue weighted by Gasteiger charge is -2.41. The van der Waals surface area contributed by atoms with Gasteiger partial charge in [0.05, 0.1) is 6.10 Å². The van der Waals surface area contributed by atoms with Crippen LogP contribution in [0.2, 0.25) is 5.02 Å². The zero-order chi connectivity index (χ0) is 17.3. The molecule has 0 unspecified atom stereocenters. The molecule has 1 aliphatic carbocycles. The molecule has 1 aliphatic heterocycles. The second-order valence-electron chi connectivity index (χ2n) is 6.55. The Labute approximate surface area is 144 Å². The van der Waals surface area contributed by atoms with Gasteiger partial charge >= 0.3 is 11.9 Å². The molecular formula is C17H20ClNO5. The van der Waals surface area contributed by atoms with E-state index in [0.29, 0.717) is 23.9 Å². The summed E-state index contributed by atoms with van der Waals surface area (Å²) in [5.41, 5.74) is 0.0928. The summed E-state index contributed by atoms with van der Waals surface area (Å²) in [6.45, 7) is 0.714. The van der Waals surface area contributed by atoms with Crippen molar-refractivity contribution in [3.05, 3.63) is 28.8 Å². The van der Waals surface area contributed by atoms with Crippen LogP contribution >= 0.6 is 11.6 Å². The third kappa shape index (κ3) is 3.65. The van der Waals surface area contributed by atoms with E-state index in [9.17, 15) is 19.8 Å². The highest BCUT2D eigenvalue weighted by atomic mass is 35.5. The second-order valence-corrected chi connectivity index (χ2v) is 6.99. The minimum Gasteiger partial charge on any atom is -0.489 e. The molecule has 6 nitrogen and oxygen atoms in total. The van der Waals surface area contributed by atoms with Crippen LogP contribution in [0, 0.1) is 11.8 Å². The van der Waals surface area contributed by atoms with Crippen LogP contribution in [0.3, 0.4) is 0 Å². The van der Waals surface area contributed by atoms with Gasteiger partial charge in [0, 0.05) is 5.02 Å². The molecule has 0 bridgehead atoms. The molecule has 1 saturated carbocycles. The molecule has 24 heavy (non-hydrogen) atoms. The monoisotopic (exact) mass is 353 g/mol.